The number of carbonyl (C=O) groups is 1. The Balaban J connectivity index is 1.37. The molecule has 5 aromatic rings. The highest BCUT2D eigenvalue weighted by Gasteiger charge is 2.28. The summed E-state index contributed by atoms with van der Waals surface area (Å²) in [4.78, 5) is 32.4. The van der Waals surface area contributed by atoms with Gasteiger partial charge in [-0.25, -0.2) is 19.9 Å². The Morgan fingerprint density at radius 3 is 2.55 bits per heavy atom. The minimum absolute atomic E-state index is 0.0921. The second kappa shape index (κ2) is 8.18. The zero-order chi connectivity index (χ0) is 22.2. The van der Waals surface area contributed by atoms with Gasteiger partial charge in [-0.1, -0.05) is 54.6 Å². The van der Waals surface area contributed by atoms with Crippen molar-refractivity contribution in [1.29, 1.82) is 0 Å². The van der Waals surface area contributed by atoms with Crippen molar-refractivity contribution >= 4 is 39.9 Å². The first-order valence-corrected chi connectivity index (χ1v) is 11.6. The number of benzene rings is 2. The van der Waals surface area contributed by atoms with Crippen LogP contribution in [0.3, 0.4) is 0 Å². The number of ketones is 1. The number of carbonyl (C=O) groups excluding carboxylic acids is 1. The Kier molecular flexibility index (Phi) is 4.88. The Morgan fingerprint density at radius 1 is 0.848 bits per heavy atom. The summed E-state index contributed by atoms with van der Waals surface area (Å²) >= 11 is 1.68. The third-order valence-electron chi connectivity index (χ3n) is 5.86. The molecule has 0 fully saturated rings. The molecule has 160 valence electrons. The van der Waals surface area contributed by atoms with Crippen molar-refractivity contribution in [3.63, 3.8) is 0 Å². The van der Waals surface area contributed by atoms with E-state index >= 15 is 0 Å². The molecule has 0 bridgehead atoms. The van der Waals surface area contributed by atoms with Crippen molar-refractivity contribution in [3.8, 4) is 11.3 Å². The maximum absolute atomic E-state index is 12.7. The van der Waals surface area contributed by atoms with Crippen LogP contribution in [0, 0.1) is 0 Å². The molecule has 33 heavy (non-hydrogen) atoms. The SMILES string of the molecule is O=C1CC(c2cccs2)Cc2nc(Nc3nc(-c4ccccc4)c4ccccc4n3)ncc21. The van der Waals surface area contributed by atoms with E-state index in [1.165, 1.54) is 4.88 Å². The van der Waals surface area contributed by atoms with Crippen LogP contribution in [0.25, 0.3) is 22.2 Å². The average molecular weight is 450 g/mol. The number of nitrogens with zero attached hydrogens (tertiary/aromatic N) is 4. The fourth-order valence-corrected chi connectivity index (χ4v) is 5.11. The molecule has 2 aromatic carbocycles. The molecular formula is C26H19N5OS. The van der Waals surface area contributed by atoms with Crippen molar-refractivity contribution < 1.29 is 4.79 Å². The molecule has 0 spiro atoms. The first kappa shape index (κ1) is 19.7. The van der Waals surface area contributed by atoms with E-state index in [9.17, 15) is 4.79 Å². The van der Waals surface area contributed by atoms with Gasteiger partial charge in [0.1, 0.15) is 0 Å². The summed E-state index contributed by atoms with van der Waals surface area (Å²) in [5.74, 6) is 1.07. The van der Waals surface area contributed by atoms with E-state index in [1.807, 2.05) is 66.0 Å². The lowest BCUT2D eigenvalue weighted by molar-refractivity contribution is 0.0963. The van der Waals surface area contributed by atoms with Gasteiger partial charge in [0, 0.05) is 34.4 Å². The van der Waals surface area contributed by atoms with Crippen molar-refractivity contribution in [2.75, 3.05) is 5.32 Å². The molecule has 7 heteroatoms. The van der Waals surface area contributed by atoms with E-state index in [1.54, 1.807) is 17.5 Å². The summed E-state index contributed by atoms with van der Waals surface area (Å²) in [6.07, 6.45) is 2.83. The van der Waals surface area contributed by atoms with Crippen molar-refractivity contribution in [2.24, 2.45) is 0 Å². The highest BCUT2D eigenvalue weighted by atomic mass is 32.1. The number of fused-ring (bicyclic) bond motifs is 2. The molecule has 0 radical (unpaired) electrons. The van der Waals surface area contributed by atoms with E-state index in [-0.39, 0.29) is 11.7 Å². The van der Waals surface area contributed by atoms with Gasteiger partial charge in [-0.05, 0) is 23.9 Å². The number of hydrogen-bond acceptors (Lipinski definition) is 7. The lowest BCUT2D eigenvalue weighted by Gasteiger charge is -2.22. The van der Waals surface area contributed by atoms with Crippen molar-refractivity contribution in [1.82, 2.24) is 19.9 Å². The number of anilines is 2. The topological polar surface area (TPSA) is 80.7 Å². The summed E-state index contributed by atoms with van der Waals surface area (Å²) in [5, 5.41) is 6.19. The Labute approximate surface area is 194 Å². The molecule has 1 aliphatic rings. The fraction of sp³-hybridized carbons (Fsp3) is 0.115. The molecule has 6 nitrogen and oxygen atoms in total. The third kappa shape index (κ3) is 3.76. The summed E-state index contributed by atoms with van der Waals surface area (Å²) in [6.45, 7) is 0. The molecule has 1 atom stereocenters. The van der Waals surface area contributed by atoms with Crippen LogP contribution in [0.15, 0.2) is 78.3 Å². The maximum Gasteiger partial charge on any atom is 0.230 e. The van der Waals surface area contributed by atoms with Gasteiger partial charge >= 0.3 is 0 Å². The normalized spacial score (nSPS) is 15.4. The molecule has 1 N–H and O–H groups in total. The number of hydrogen-bond donors (Lipinski definition) is 1. The summed E-state index contributed by atoms with van der Waals surface area (Å²) in [7, 11) is 0. The van der Waals surface area contributed by atoms with Gasteiger partial charge in [-0.3, -0.25) is 10.1 Å². The number of rotatable bonds is 4. The average Bonchev–Trinajstić information content (AvgIpc) is 3.39. The van der Waals surface area contributed by atoms with E-state index in [0.717, 1.165) is 27.9 Å². The minimum Gasteiger partial charge on any atom is -0.294 e. The monoisotopic (exact) mass is 449 g/mol. The third-order valence-corrected chi connectivity index (χ3v) is 6.89. The van der Waals surface area contributed by atoms with Crippen LogP contribution in [0.4, 0.5) is 11.9 Å². The molecule has 3 heterocycles. The van der Waals surface area contributed by atoms with Crippen LogP contribution >= 0.6 is 11.3 Å². The van der Waals surface area contributed by atoms with E-state index in [2.05, 4.69) is 26.3 Å². The minimum atomic E-state index is 0.0921. The van der Waals surface area contributed by atoms with Gasteiger partial charge in [0.2, 0.25) is 11.9 Å². The van der Waals surface area contributed by atoms with Gasteiger partial charge in [0.15, 0.2) is 5.78 Å². The predicted octanol–water partition coefficient (Wildman–Crippen LogP) is 5.80. The number of nitrogens with one attached hydrogen (secondary N) is 1. The fourth-order valence-electron chi connectivity index (χ4n) is 4.28. The molecule has 1 unspecified atom stereocenters. The Hall–Kier alpha value is -3.97. The second-order valence-corrected chi connectivity index (χ2v) is 8.98. The van der Waals surface area contributed by atoms with Gasteiger partial charge in [-0.2, -0.15) is 0 Å². The lowest BCUT2D eigenvalue weighted by atomic mass is 9.86. The zero-order valence-corrected chi connectivity index (χ0v) is 18.4. The smallest absolute Gasteiger partial charge is 0.230 e. The molecule has 0 aliphatic heterocycles. The Bertz CT molecular complexity index is 1470. The Morgan fingerprint density at radius 2 is 1.70 bits per heavy atom. The van der Waals surface area contributed by atoms with Crippen molar-refractivity contribution in [2.45, 2.75) is 18.8 Å². The summed E-state index contributed by atoms with van der Waals surface area (Å²) < 4.78 is 0. The van der Waals surface area contributed by atoms with Gasteiger partial charge in [-0.15, -0.1) is 11.3 Å². The first-order chi connectivity index (χ1) is 16.2. The quantitative estimate of drug-likeness (QED) is 0.373. The predicted molar refractivity (Wildman–Crippen MR) is 130 cm³/mol. The van der Waals surface area contributed by atoms with Crippen LogP contribution in [0.5, 0.6) is 0 Å². The second-order valence-electron chi connectivity index (χ2n) is 8.00. The molecular weight excluding hydrogens is 430 g/mol. The van der Waals surface area contributed by atoms with Crippen LogP contribution in [-0.2, 0) is 6.42 Å². The van der Waals surface area contributed by atoms with Gasteiger partial charge in [0.25, 0.3) is 0 Å². The lowest BCUT2D eigenvalue weighted by Crippen LogP contribution is -2.20. The molecule has 0 saturated carbocycles. The highest BCUT2D eigenvalue weighted by molar-refractivity contribution is 7.10. The zero-order valence-electron chi connectivity index (χ0n) is 17.6. The highest BCUT2D eigenvalue weighted by Crippen LogP contribution is 2.34. The number of aromatic nitrogens is 4. The van der Waals surface area contributed by atoms with Gasteiger partial charge in [0.05, 0.1) is 22.5 Å². The molecule has 0 saturated heterocycles. The maximum atomic E-state index is 12.7. The van der Waals surface area contributed by atoms with Gasteiger partial charge < -0.3 is 0 Å². The van der Waals surface area contributed by atoms with Crippen LogP contribution in [-0.4, -0.2) is 25.7 Å². The van der Waals surface area contributed by atoms with Crippen molar-refractivity contribution in [3.05, 3.63) is 94.4 Å². The van der Waals surface area contributed by atoms with E-state index < -0.39 is 0 Å². The molecule has 0 amide bonds. The number of Topliss-reactive ketones (excluding diaryl/α,β-unsaturated/α-hetero) is 1. The van der Waals surface area contributed by atoms with Crippen LogP contribution in [0.2, 0.25) is 0 Å². The first-order valence-electron chi connectivity index (χ1n) is 10.8. The van der Waals surface area contributed by atoms with Crippen LogP contribution < -0.4 is 5.32 Å². The van der Waals surface area contributed by atoms with E-state index in [0.29, 0.717) is 30.3 Å². The standard InChI is InChI=1S/C26H19N5OS/c32-22-14-17(23-11-6-12-33-23)13-21-19(22)15-27-25(29-21)31-26-28-20-10-5-4-9-18(20)24(30-26)16-7-2-1-3-8-16/h1-12,15,17H,13-14H2,(H,27,28,29,30,31). The molecule has 1 aliphatic carbocycles. The number of para-hydroxylation sites is 1. The largest absolute Gasteiger partial charge is 0.294 e. The summed E-state index contributed by atoms with van der Waals surface area (Å²) in [5.41, 5.74) is 4.06. The molecule has 6 rings (SSSR count). The number of thiophene rings is 1. The molecule has 3 aromatic heterocycles. The summed E-state index contributed by atoms with van der Waals surface area (Å²) in [6, 6.07) is 22.1. The van der Waals surface area contributed by atoms with Crippen LogP contribution in [0.1, 0.15) is 33.3 Å². The van der Waals surface area contributed by atoms with E-state index in [4.69, 9.17) is 4.98 Å².